The van der Waals surface area contributed by atoms with Crippen LogP contribution in [0.4, 0.5) is 0 Å². The van der Waals surface area contributed by atoms with Crippen LogP contribution in [0.2, 0.25) is 0 Å². The number of nitrogens with two attached hydrogens (primary N) is 1. The SMILES string of the molecule is CCN(C(C)C)C1(CN)CCN2CCCCC21. The van der Waals surface area contributed by atoms with Gasteiger partial charge in [0.05, 0.1) is 5.54 Å². The second-order valence-electron chi connectivity index (χ2n) is 5.99. The Morgan fingerprint density at radius 3 is 2.71 bits per heavy atom. The summed E-state index contributed by atoms with van der Waals surface area (Å²) in [6.07, 6.45) is 5.38. The predicted molar refractivity (Wildman–Crippen MR) is 73.1 cm³/mol. The van der Waals surface area contributed by atoms with Crippen molar-refractivity contribution in [3.8, 4) is 0 Å². The van der Waals surface area contributed by atoms with Gasteiger partial charge in [-0.05, 0) is 46.2 Å². The van der Waals surface area contributed by atoms with Crippen molar-refractivity contribution in [2.45, 2.75) is 64.1 Å². The van der Waals surface area contributed by atoms with E-state index in [0.29, 0.717) is 12.1 Å². The van der Waals surface area contributed by atoms with Crippen LogP contribution in [0, 0.1) is 0 Å². The van der Waals surface area contributed by atoms with Gasteiger partial charge in [0.25, 0.3) is 0 Å². The number of nitrogens with zero attached hydrogens (tertiary/aromatic N) is 2. The highest BCUT2D eigenvalue weighted by Crippen LogP contribution is 2.39. The Labute approximate surface area is 106 Å². The zero-order chi connectivity index (χ0) is 12.5. The van der Waals surface area contributed by atoms with Gasteiger partial charge >= 0.3 is 0 Å². The van der Waals surface area contributed by atoms with Gasteiger partial charge in [-0.15, -0.1) is 0 Å². The summed E-state index contributed by atoms with van der Waals surface area (Å²) in [5.41, 5.74) is 6.48. The minimum absolute atomic E-state index is 0.253. The maximum absolute atomic E-state index is 6.22. The van der Waals surface area contributed by atoms with E-state index in [1.165, 1.54) is 38.8 Å². The van der Waals surface area contributed by atoms with Crippen LogP contribution >= 0.6 is 0 Å². The Hall–Kier alpha value is -0.120. The fourth-order valence-electron chi connectivity index (χ4n) is 4.26. The molecule has 0 spiro atoms. The van der Waals surface area contributed by atoms with Crippen LogP contribution in [-0.4, -0.2) is 53.6 Å². The van der Waals surface area contributed by atoms with Crippen molar-refractivity contribution < 1.29 is 0 Å². The van der Waals surface area contributed by atoms with Gasteiger partial charge in [0, 0.05) is 25.2 Å². The molecule has 17 heavy (non-hydrogen) atoms. The van der Waals surface area contributed by atoms with Gasteiger partial charge in [-0.25, -0.2) is 0 Å². The van der Waals surface area contributed by atoms with Crippen LogP contribution < -0.4 is 5.73 Å². The van der Waals surface area contributed by atoms with Crippen molar-refractivity contribution in [1.29, 1.82) is 0 Å². The highest BCUT2D eigenvalue weighted by Gasteiger charge is 2.50. The van der Waals surface area contributed by atoms with Crippen LogP contribution in [0.3, 0.4) is 0 Å². The van der Waals surface area contributed by atoms with Crippen LogP contribution in [0.25, 0.3) is 0 Å². The summed E-state index contributed by atoms with van der Waals surface area (Å²) < 4.78 is 0. The smallest absolute Gasteiger partial charge is 0.0501 e. The lowest BCUT2D eigenvalue weighted by molar-refractivity contribution is 0.0198. The van der Waals surface area contributed by atoms with E-state index < -0.39 is 0 Å². The van der Waals surface area contributed by atoms with E-state index in [1.54, 1.807) is 0 Å². The first-order valence-electron chi connectivity index (χ1n) is 7.36. The Balaban J connectivity index is 2.23. The molecule has 2 atom stereocenters. The van der Waals surface area contributed by atoms with Crippen molar-refractivity contribution in [3.05, 3.63) is 0 Å². The molecule has 0 aromatic carbocycles. The van der Waals surface area contributed by atoms with Crippen molar-refractivity contribution in [2.24, 2.45) is 5.73 Å². The van der Waals surface area contributed by atoms with Gasteiger partial charge in [-0.1, -0.05) is 13.3 Å². The summed E-state index contributed by atoms with van der Waals surface area (Å²) in [6, 6.07) is 1.31. The Morgan fingerprint density at radius 2 is 2.12 bits per heavy atom. The molecule has 2 rings (SSSR count). The lowest BCUT2D eigenvalue weighted by atomic mass is 9.83. The van der Waals surface area contributed by atoms with E-state index in [4.69, 9.17) is 5.73 Å². The highest BCUT2D eigenvalue weighted by molar-refractivity contribution is 5.09. The monoisotopic (exact) mass is 239 g/mol. The summed E-state index contributed by atoms with van der Waals surface area (Å²) in [5, 5.41) is 0. The van der Waals surface area contributed by atoms with Gasteiger partial charge in [0.1, 0.15) is 0 Å². The Bertz CT molecular complexity index is 254. The van der Waals surface area contributed by atoms with Crippen molar-refractivity contribution in [2.75, 3.05) is 26.2 Å². The first-order chi connectivity index (χ1) is 8.15. The van der Waals surface area contributed by atoms with Gasteiger partial charge in [-0.3, -0.25) is 9.80 Å². The number of fused-ring (bicyclic) bond motifs is 1. The summed E-state index contributed by atoms with van der Waals surface area (Å²) in [4.78, 5) is 5.35. The van der Waals surface area contributed by atoms with Crippen LogP contribution in [0.15, 0.2) is 0 Å². The predicted octanol–water partition coefficient (Wildman–Crippen LogP) is 1.67. The summed E-state index contributed by atoms with van der Waals surface area (Å²) >= 11 is 0. The molecule has 2 N–H and O–H groups in total. The molecule has 0 saturated carbocycles. The first kappa shape index (κ1) is 13.3. The molecular weight excluding hydrogens is 210 g/mol. The molecule has 100 valence electrons. The van der Waals surface area contributed by atoms with Crippen molar-refractivity contribution in [1.82, 2.24) is 9.80 Å². The number of piperidine rings is 1. The van der Waals surface area contributed by atoms with E-state index in [0.717, 1.165) is 13.1 Å². The number of likely N-dealkylation sites (N-methyl/N-ethyl adjacent to an activating group) is 1. The van der Waals surface area contributed by atoms with Crippen LogP contribution in [-0.2, 0) is 0 Å². The molecule has 0 bridgehead atoms. The molecule has 2 aliphatic rings. The molecule has 0 aliphatic carbocycles. The molecule has 2 saturated heterocycles. The third kappa shape index (κ3) is 2.13. The number of hydrogen-bond acceptors (Lipinski definition) is 3. The fraction of sp³-hybridized carbons (Fsp3) is 1.00. The summed E-state index contributed by atoms with van der Waals surface area (Å²) in [5.74, 6) is 0. The molecule has 3 nitrogen and oxygen atoms in total. The second kappa shape index (κ2) is 5.25. The lowest BCUT2D eigenvalue weighted by Crippen LogP contribution is -2.63. The topological polar surface area (TPSA) is 32.5 Å². The van der Waals surface area contributed by atoms with Crippen LogP contribution in [0.5, 0.6) is 0 Å². The molecule has 0 radical (unpaired) electrons. The van der Waals surface area contributed by atoms with E-state index in [1.807, 2.05) is 0 Å². The molecule has 2 fully saturated rings. The fourth-order valence-corrected chi connectivity index (χ4v) is 4.26. The van der Waals surface area contributed by atoms with E-state index in [9.17, 15) is 0 Å². The second-order valence-corrected chi connectivity index (χ2v) is 5.99. The maximum atomic E-state index is 6.22. The summed E-state index contributed by atoms with van der Waals surface area (Å²) in [6.45, 7) is 11.4. The molecule has 2 heterocycles. The quantitative estimate of drug-likeness (QED) is 0.810. The average Bonchev–Trinajstić information content (AvgIpc) is 2.70. The highest BCUT2D eigenvalue weighted by atomic mass is 15.3. The zero-order valence-electron chi connectivity index (χ0n) is 11.8. The van der Waals surface area contributed by atoms with E-state index >= 15 is 0 Å². The molecule has 2 aliphatic heterocycles. The van der Waals surface area contributed by atoms with Gasteiger partial charge in [-0.2, -0.15) is 0 Å². The van der Waals surface area contributed by atoms with Gasteiger partial charge < -0.3 is 5.73 Å². The summed E-state index contributed by atoms with van der Waals surface area (Å²) in [7, 11) is 0. The molecule has 0 aromatic heterocycles. The minimum atomic E-state index is 0.253. The zero-order valence-corrected chi connectivity index (χ0v) is 11.8. The molecular formula is C14H29N3. The lowest BCUT2D eigenvalue weighted by Gasteiger charge is -2.49. The Kier molecular flexibility index (Phi) is 4.11. The largest absolute Gasteiger partial charge is 0.329 e. The van der Waals surface area contributed by atoms with E-state index in [-0.39, 0.29) is 5.54 Å². The third-order valence-electron chi connectivity index (χ3n) is 4.96. The van der Waals surface area contributed by atoms with E-state index in [2.05, 4.69) is 30.6 Å². The normalized spacial score (nSPS) is 34.6. The number of rotatable bonds is 4. The molecule has 0 aromatic rings. The van der Waals surface area contributed by atoms with Crippen molar-refractivity contribution in [3.63, 3.8) is 0 Å². The van der Waals surface area contributed by atoms with Gasteiger partial charge in [0.2, 0.25) is 0 Å². The van der Waals surface area contributed by atoms with Gasteiger partial charge in [0.15, 0.2) is 0 Å². The standard InChI is InChI=1S/C14H29N3/c1-4-17(12(2)3)14(11-15)8-10-16-9-6-5-7-13(14)16/h12-13H,4-11,15H2,1-3H3. The molecule has 3 heteroatoms. The molecule has 2 unspecified atom stereocenters. The van der Waals surface area contributed by atoms with Crippen LogP contribution in [0.1, 0.15) is 46.5 Å². The Morgan fingerprint density at radius 1 is 1.35 bits per heavy atom. The number of hydrogen-bond donors (Lipinski definition) is 1. The maximum Gasteiger partial charge on any atom is 0.0501 e. The minimum Gasteiger partial charge on any atom is -0.329 e. The molecule has 0 amide bonds. The van der Waals surface area contributed by atoms with Crippen molar-refractivity contribution >= 4 is 0 Å². The third-order valence-corrected chi connectivity index (χ3v) is 4.96. The average molecular weight is 239 g/mol. The first-order valence-corrected chi connectivity index (χ1v) is 7.36.